The van der Waals surface area contributed by atoms with E-state index >= 15 is 0 Å². The quantitative estimate of drug-likeness (QED) is 0.278. The van der Waals surface area contributed by atoms with Gasteiger partial charge < -0.3 is 19.3 Å². The van der Waals surface area contributed by atoms with Crippen LogP contribution in [0.3, 0.4) is 0 Å². The smallest absolute Gasteiger partial charge is 0.300 e. The van der Waals surface area contributed by atoms with Gasteiger partial charge >= 0.3 is 0 Å². The van der Waals surface area contributed by atoms with Crippen LogP contribution >= 0.6 is 0 Å². The summed E-state index contributed by atoms with van der Waals surface area (Å²) in [5.41, 5.74) is 1.52. The number of anilines is 1. The number of benzene rings is 3. The predicted octanol–water partition coefficient (Wildman–Crippen LogP) is 4.99. The topological polar surface area (TPSA) is 109 Å². The molecule has 0 aliphatic carbocycles. The zero-order valence-electron chi connectivity index (χ0n) is 20.9. The lowest BCUT2D eigenvalue weighted by atomic mass is 9.94. The highest BCUT2D eigenvalue weighted by Crippen LogP contribution is 2.44. The summed E-state index contributed by atoms with van der Waals surface area (Å²) in [5.74, 6) is -0.668. The molecule has 1 atom stereocenters. The van der Waals surface area contributed by atoms with Crippen molar-refractivity contribution in [2.75, 3.05) is 19.1 Å². The van der Waals surface area contributed by atoms with Crippen LogP contribution in [0.4, 0.5) is 5.69 Å². The molecule has 1 saturated heterocycles. The second-order valence-corrected chi connectivity index (χ2v) is 8.63. The van der Waals surface area contributed by atoms with E-state index in [4.69, 9.17) is 14.2 Å². The van der Waals surface area contributed by atoms with Crippen molar-refractivity contribution in [3.05, 3.63) is 89.0 Å². The molecule has 0 bridgehead atoms. The molecule has 3 aromatic carbocycles. The number of hydrogen-bond donors (Lipinski definition) is 1. The Morgan fingerprint density at radius 2 is 1.59 bits per heavy atom. The van der Waals surface area contributed by atoms with Gasteiger partial charge in [-0.1, -0.05) is 12.1 Å². The van der Waals surface area contributed by atoms with Crippen LogP contribution in [0.25, 0.3) is 5.76 Å². The minimum Gasteiger partial charge on any atom is -0.507 e. The lowest BCUT2D eigenvalue weighted by Gasteiger charge is -2.26. The van der Waals surface area contributed by atoms with E-state index in [0.717, 1.165) is 0 Å². The Morgan fingerprint density at radius 3 is 2.16 bits per heavy atom. The molecule has 37 heavy (non-hydrogen) atoms. The second-order valence-electron chi connectivity index (χ2n) is 8.63. The van der Waals surface area contributed by atoms with Crippen LogP contribution in [0.1, 0.15) is 36.6 Å². The van der Waals surface area contributed by atoms with Crippen molar-refractivity contribution in [1.82, 2.24) is 0 Å². The Kier molecular flexibility index (Phi) is 7.16. The Morgan fingerprint density at radius 1 is 0.946 bits per heavy atom. The monoisotopic (exact) mass is 498 g/mol. The third kappa shape index (κ3) is 4.84. The van der Waals surface area contributed by atoms with Crippen LogP contribution in [-0.4, -0.2) is 37.1 Å². The summed E-state index contributed by atoms with van der Waals surface area (Å²) in [4.78, 5) is 28.1. The van der Waals surface area contributed by atoms with Crippen molar-refractivity contribution >= 4 is 23.1 Å². The van der Waals surface area contributed by atoms with Crippen molar-refractivity contribution in [2.45, 2.75) is 26.0 Å². The standard InChI is InChI=1S/C29H26N2O6/c1-17(2)37-21-11-7-19(8-12-21)26-25(27(32)23-15-22(35-3)13-14-24(23)36-4)28(33)29(34)31(26)20-9-5-18(16-30)6-10-20/h5-15,17,26,32H,1-4H3/b27-25+. The molecular weight excluding hydrogens is 472 g/mol. The largest absolute Gasteiger partial charge is 0.507 e. The number of ketones is 1. The highest BCUT2D eigenvalue weighted by molar-refractivity contribution is 6.51. The van der Waals surface area contributed by atoms with Gasteiger partial charge in [0.05, 0.1) is 49.1 Å². The number of aliphatic hydroxyl groups excluding tert-OH is 1. The number of carbonyl (C=O) groups is 2. The number of aliphatic hydroxyl groups is 1. The van der Waals surface area contributed by atoms with Gasteiger partial charge in [-0.15, -0.1) is 0 Å². The summed E-state index contributed by atoms with van der Waals surface area (Å²) >= 11 is 0. The van der Waals surface area contributed by atoms with Crippen LogP contribution in [0.2, 0.25) is 0 Å². The molecule has 8 heteroatoms. The third-order valence-corrected chi connectivity index (χ3v) is 5.95. The summed E-state index contributed by atoms with van der Waals surface area (Å²) in [6, 6.07) is 19.2. The van der Waals surface area contributed by atoms with Gasteiger partial charge in [-0.3, -0.25) is 14.5 Å². The van der Waals surface area contributed by atoms with Gasteiger partial charge in [-0.2, -0.15) is 5.26 Å². The molecule has 4 rings (SSSR count). The maximum atomic E-state index is 13.4. The Bertz CT molecular complexity index is 1400. The van der Waals surface area contributed by atoms with E-state index in [1.807, 2.05) is 19.9 Å². The van der Waals surface area contributed by atoms with Crippen molar-refractivity contribution in [3.63, 3.8) is 0 Å². The highest BCUT2D eigenvalue weighted by Gasteiger charge is 2.47. The van der Waals surface area contributed by atoms with E-state index in [9.17, 15) is 20.0 Å². The van der Waals surface area contributed by atoms with E-state index in [1.165, 1.54) is 19.1 Å². The Hall–Kier alpha value is -4.77. The predicted molar refractivity (Wildman–Crippen MR) is 138 cm³/mol. The van der Waals surface area contributed by atoms with Crippen molar-refractivity contribution in [2.24, 2.45) is 0 Å². The van der Waals surface area contributed by atoms with Gasteiger partial charge in [-0.05, 0) is 74.0 Å². The molecule has 1 N–H and O–H groups in total. The number of carbonyl (C=O) groups excluding carboxylic acids is 2. The van der Waals surface area contributed by atoms with Crippen molar-refractivity contribution < 1.29 is 28.9 Å². The number of nitrogens with zero attached hydrogens (tertiary/aromatic N) is 2. The maximum absolute atomic E-state index is 13.4. The van der Waals surface area contributed by atoms with Crippen LogP contribution in [0, 0.1) is 11.3 Å². The van der Waals surface area contributed by atoms with Gasteiger partial charge in [0.15, 0.2) is 0 Å². The van der Waals surface area contributed by atoms with E-state index < -0.39 is 23.5 Å². The summed E-state index contributed by atoms with van der Waals surface area (Å²) in [7, 11) is 2.93. The van der Waals surface area contributed by atoms with E-state index in [1.54, 1.807) is 66.7 Å². The molecule has 1 fully saturated rings. The van der Waals surface area contributed by atoms with E-state index in [-0.39, 0.29) is 17.2 Å². The number of Topliss-reactive ketones (excluding diaryl/α,β-unsaturated/α-hetero) is 1. The van der Waals surface area contributed by atoms with E-state index in [2.05, 4.69) is 0 Å². The van der Waals surface area contributed by atoms with Crippen molar-refractivity contribution in [3.8, 4) is 23.3 Å². The van der Waals surface area contributed by atoms with Gasteiger partial charge in [0, 0.05) is 5.69 Å². The molecule has 1 unspecified atom stereocenters. The summed E-state index contributed by atoms with van der Waals surface area (Å²) in [5, 5.41) is 20.6. The molecule has 0 saturated carbocycles. The van der Waals surface area contributed by atoms with Gasteiger partial charge in [0.2, 0.25) is 0 Å². The average molecular weight is 499 g/mol. The minimum atomic E-state index is -0.947. The number of hydrogen-bond acceptors (Lipinski definition) is 7. The molecule has 3 aromatic rings. The average Bonchev–Trinajstić information content (AvgIpc) is 3.18. The normalized spacial score (nSPS) is 16.5. The summed E-state index contributed by atoms with van der Waals surface area (Å²) in [6.45, 7) is 3.82. The highest BCUT2D eigenvalue weighted by atomic mass is 16.5. The lowest BCUT2D eigenvalue weighted by molar-refractivity contribution is -0.132. The molecule has 0 spiro atoms. The number of ether oxygens (including phenoxy) is 3. The lowest BCUT2D eigenvalue weighted by Crippen LogP contribution is -2.29. The van der Waals surface area contributed by atoms with Crippen LogP contribution < -0.4 is 19.1 Å². The SMILES string of the molecule is COc1ccc(OC)c(/C(O)=C2\C(=O)C(=O)N(c3ccc(C#N)cc3)C2c2ccc(OC(C)C)cc2)c1. The Labute approximate surface area is 214 Å². The van der Waals surface area contributed by atoms with Crippen molar-refractivity contribution in [1.29, 1.82) is 5.26 Å². The van der Waals surface area contributed by atoms with Crippen LogP contribution in [-0.2, 0) is 9.59 Å². The van der Waals surface area contributed by atoms with Gasteiger partial charge in [-0.25, -0.2) is 0 Å². The zero-order valence-corrected chi connectivity index (χ0v) is 20.9. The minimum absolute atomic E-state index is 0.0318. The number of nitriles is 1. The molecular formula is C29H26N2O6. The fraction of sp³-hybridized carbons (Fsp3) is 0.207. The van der Waals surface area contributed by atoms with Crippen LogP contribution in [0.15, 0.2) is 72.3 Å². The Balaban J connectivity index is 1.93. The third-order valence-electron chi connectivity index (χ3n) is 5.95. The van der Waals surface area contributed by atoms with Gasteiger partial charge in [0.1, 0.15) is 23.0 Å². The molecule has 0 radical (unpaired) electrons. The molecule has 188 valence electrons. The van der Waals surface area contributed by atoms with E-state index in [0.29, 0.717) is 34.1 Å². The fourth-order valence-corrected chi connectivity index (χ4v) is 4.26. The molecule has 8 nitrogen and oxygen atoms in total. The molecule has 1 aliphatic heterocycles. The molecule has 0 aromatic heterocycles. The summed E-state index contributed by atoms with van der Waals surface area (Å²) < 4.78 is 16.4. The second kappa shape index (κ2) is 10.5. The van der Waals surface area contributed by atoms with Crippen LogP contribution in [0.5, 0.6) is 17.2 Å². The molecule has 1 heterocycles. The first-order chi connectivity index (χ1) is 17.8. The first kappa shape index (κ1) is 25.3. The molecule has 1 aliphatic rings. The first-order valence-electron chi connectivity index (χ1n) is 11.6. The van der Waals surface area contributed by atoms with Gasteiger partial charge in [0.25, 0.3) is 11.7 Å². The number of rotatable bonds is 7. The first-order valence-corrected chi connectivity index (χ1v) is 11.6. The number of amides is 1. The zero-order chi connectivity index (χ0) is 26.7. The molecule has 1 amide bonds. The summed E-state index contributed by atoms with van der Waals surface area (Å²) in [6.07, 6.45) is -0.0318. The number of methoxy groups -OCH3 is 2. The maximum Gasteiger partial charge on any atom is 0.300 e. The fourth-order valence-electron chi connectivity index (χ4n) is 4.26.